The molecule has 4 heterocycles. The van der Waals surface area contributed by atoms with Crippen LogP contribution in [-0.2, 0) is 25.8 Å². The number of aliphatic carboxylic acids is 1. The Morgan fingerprint density at radius 2 is 2.13 bits per heavy atom. The molecule has 2 aromatic rings. The lowest BCUT2D eigenvalue weighted by atomic mass is 10.0. The Bertz CT molecular complexity index is 1310. The normalized spacial score (nSPS) is 18.9. The maximum atomic E-state index is 13.0. The van der Waals surface area contributed by atoms with Crippen LogP contribution in [-0.4, -0.2) is 99.2 Å². The molecule has 0 spiro atoms. The van der Waals surface area contributed by atoms with Crippen molar-refractivity contribution in [2.24, 2.45) is 5.16 Å². The molecule has 0 saturated carbocycles. The lowest BCUT2D eigenvalue weighted by Gasteiger charge is -2.50. The summed E-state index contributed by atoms with van der Waals surface area (Å²) in [6, 6.07) is -0.998. The highest BCUT2D eigenvalue weighted by Gasteiger charge is 2.53. The van der Waals surface area contributed by atoms with E-state index < -0.39 is 29.2 Å². The van der Waals surface area contributed by atoms with Gasteiger partial charge in [-0.05, 0) is 0 Å². The van der Waals surface area contributed by atoms with Gasteiger partial charge < -0.3 is 40.9 Å². The number of oxime groups is 1. The number of thiazole rings is 1. The van der Waals surface area contributed by atoms with Gasteiger partial charge in [0.1, 0.15) is 24.2 Å². The van der Waals surface area contributed by atoms with Crippen molar-refractivity contribution in [3.8, 4) is 0 Å². The number of carbonyl (C=O) groups is 3. The number of amides is 2. The minimum atomic E-state index is -1.51. The highest BCUT2D eigenvalue weighted by Crippen LogP contribution is 2.40. The highest BCUT2D eigenvalue weighted by atomic mass is 32.2. The highest BCUT2D eigenvalue weighted by molar-refractivity contribution is 8.00. The number of carbonyl (C=O) groups excluding carboxylic acids is 3. The number of nitrogen functional groups attached to an aromatic ring is 1. The lowest BCUT2D eigenvalue weighted by molar-refractivity contribution is -0.688. The van der Waals surface area contributed by atoms with E-state index >= 15 is 0 Å². The van der Waals surface area contributed by atoms with Crippen LogP contribution in [0.5, 0.6) is 0 Å². The number of carboxylic acids is 1. The molecule has 0 aliphatic carbocycles. The summed E-state index contributed by atoms with van der Waals surface area (Å²) in [5.41, 5.74) is 5.84. The zero-order chi connectivity index (χ0) is 28.1. The third-order valence-electron chi connectivity index (χ3n) is 5.87. The molecule has 2 aliphatic rings. The van der Waals surface area contributed by atoms with Crippen molar-refractivity contribution in [2.75, 3.05) is 49.8 Å². The molecule has 1 fully saturated rings. The van der Waals surface area contributed by atoms with Gasteiger partial charge in [-0.3, -0.25) is 14.5 Å². The van der Waals surface area contributed by atoms with E-state index in [2.05, 4.69) is 20.4 Å². The number of carboxylic acid groups (broad SMARTS) is 1. The van der Waals surface area contributed by atoms with E-state index in [9.17, 15) is 29.7 Å². The van der Waals surface area contributed by atoms with Crippen molar-refractivity contribution in [1.82, 2.24) is 20.2 Å². The van der Waals surface area contributed by atoms with Crippen LogP contribution in [0.3, 0.4) is 0 Å². The van der Waals surface area contributed by atoms with E-state index in [-0.39, 0.29) is 60.8 Å². The van der Waals surface area contributed by atoms with Crippen molar-refractivity contribution in [3.63, 3.8) is 0 Å². The Labute approximate surface area is 230 Å². The molecule has 17 heteroatoms. The van der Waals surface area contributed by atoms with E-state index in [0.717, 1.165) is 16.2 Å². The second kappa shape index (κ2) is 12.4. The average Bonchev–Trinajstić information content (AvgIpc) is 3.35. The summed E-state index contributed by atoms with van der Waals surface area (Å²) in [6.07, 6.45) is 4.81. The Morgan fingerprint density at radius 3 is 2.74 bits per heavy atom. The molecule has 4 rings (SSSR count). The fourth-order valence-corrected chi connectivity index (χ4v) is 6.06. The zero-order valence-electron chi connectivity index (χ0n) is 20.7. The fraction of sp³-hybridized carbons (Fsp3) is 0.409. The van der Waals surface area contributed by atoms with E-state index in [1.807, 2.05) is 0 Å². The number of nitrogens with one attached hydrogen (secondary N) is 1. The molecule has 39 heavy (non-hydrogen) atoms. The van der Waals surface area contributed by atoms with Crippen LogP contribution in [0.1, 0.15) is 5.69 Å². The van der Waals surface area contributed by atoms with Crippen LogP contribution < -0.4 is 25.6 Å². The molecule has 2 atom stereocenters. The van der Waals surface area contributed by atoms with Crippen LogP contribution in [0.4, 0.5) is 10.9 Å². The van der Waals surface area contributed by atoms with Crippen LogP contribution in [0.15, 0.2) is 40.4 Å². The summed E-state index contributed by atoms with van der Waals surface area (Å²) in [5, 5.41) is 38.1. The van der Waals surface area contributed by atoms with Gasteiger partial charge in [-0.15, -0.1) is 23.1 Å². The van der Waals surface area contributed by atoms with E-state index in [0.29, 0.717) is 11.4 Å². The third-order valence-corrected chi connectivity index (χ3v) is 7.89. The first-order valence-electron chi connectivity index (χ1n) is 11.6. The topological polar surface area (TPSA) is 211 Å². The van der Waals surface area contributed by atoms with Crippen molar-refractivity contribution in [3.05, 3.63) is 40.9 Å². The molecule has 2 aromatic heterocycles. The summed E-state index contributed by atoms with van der Waals surface area (Å²) in [7, 11) is 1.26. The van der Waals surface area contributed by atoms with Gasteiger partial charge in [0.2, 0.25) is 6.20 Å². The Kier molecular flexibility index (Phi) is 8.95. The molecule has 0 bridgehead atoms. The summed E-state index contributed by atoms with van der Waals surface area (Å²) in [6.45, 7) is 0.357. The molecule has 2 amide bonds. The molecule has 1 saturated heterocycles. The zero-order valence-corrected chi connectivity index (χ0v) is 22.4. The molecular weight excluding hydrogens is 552 g/mol. The molecular formula is C22H26N8O7S2. The van der Waals surface area contributed by atoms with Gasteiger partial charge >= 0.3 is 0 Å². The van der Waals surface area contributed by atoms with Crippen LogP contribution >= 0.6 is 23.1 Å². The van der Waals surface area contributed by atoms with Gasteiger partial charge in [-0.25, -0.2) is 9.97 Å². The summed E-state index contributed by atoms with van der Waals surface area (Å²) in [5.74, 6) is -2.10. The lowest BCUT2D eigenvalue weighted by Crippen LogP contribution is -2.71. The first kappa shape index (κ1) is 28.2. The van der Waals surface area contributed by atoms with E-state index in [4.69, 9.17) is 10.6 Å². The number of β-lactam (4-membered cyclic amide) rings is 1. The van der Waals surface area contributed by atoms with E-state index in [1.165, 1.54) is 30.4 Å². The number of anilines is 2. The fourth-order valence-electron chi connectivity index (χ4n) is 4.18. The van der Waals surface area contributed by atoms with Gasteiger partial charge in [-0.2, -0.15) is 4.57 Å². The average molecular weight is 579 g/mol. The smallest absolute Gasteiger partial charge is 0.276 e. The summed E-state index contributed by atoms with van der Waals surface area (Å²) < 4.78 is 1.69. The number of aromatic nitrogens is 3. The molecule has 2 aliphatic heterocycles. The number of aliphatic hydroxyl groups is 2. The van der Waals surface area contributed by atoms with Gasteiger partial charge in [0.25, 0.3) is 11.8 Å². The first-order valence-corrected chi connectivity index (χ1v) is 13.5. The van der Waals surface area contributed by atoms with Gasteiger partial charge in [0.05, 0.1) is 31.1 Å². The van der Waals surface area contributed by atoms with Crippen LogP contribution in [0.25, 0.3) is 0 Å². The summed E-state index contributed by atoms with van der Waals surface area (Å²) >= 11 is 2.40. The van der Waals surface area contributed by atoms with Crippen molar-refractivity contribution < 1.29 is 39.1 Å². The minimum absolute atomic E-state index is 0.126. The summed E-state index contributed by atoms with van der Waals surface area (Å²) in [4.78, 5) is 53.9. The number of nitrogens with two attached hydrogens (primary N) is 1. The number of fused-ring (bicyclic) bond motifs is 1. The second-order valence-corrected chi connectivity index (χ2v) is 10.3. The molecule has 208 valence electrons. The number of hydrogen-bond donors (Lipinski definition) is 4. The third kappa shape index (κ3) is 5.95. The van der Waals surface area contributed by atoms with Crippen molar-refractivity contribution in [1.29, 1.82) is 0 Å². The Morgan fingerprint density at radius 1 is 1.38 bits per heavy atom. The first-order chi connectivity index (χ1) is 18.8. The predicted molar refractivity (Wildman–Crippen MR) is 138 cm³/mol. The quantitative estimate of drug-likeness (QED) is 0.0843. The van der Waals surface area contributed by atoms with Gasteiger partial charge in [-0.1, -0.05) is 5.16 Å². The Balaban J connectivity index is 1.52. The number of thioether (sulfide) groups is 1. The number of nitrogens with zero attached hydrogens (tertiary/aromatic N) is 6. The maximum Gasteiger partial charge on any atom is 0.276 e. The monoisotopic (exact) mass is 578 g/mol. The standard InChI is InChI=1S/C22H26N8O7S2/c1-37-27-15(13-11-39-22(23)25-13)18(33)26-16-19(34)30-17(21(35)36)12(10-38-20(16)30)8-28-3-2-24-14(9-28)29(4-6-31)5-7-32/h2-3,9,11,16,20,31-32H,4-8,10H2,1H3,(H3-,23,25,26,33,35,36)/b27-15-/t16?,20-/m1/s1. The molecule has 0 radical (unpaired) electrons. The molecule has 0 aromatic carbocycles. The molecule has 1 unspecified atom stereocenters. The van der Waals surface area contributed by atoms with Gasteiger partial charge in [0, 0.05) is 29.8 Å². The SMILES string of the molecule is CO/N=C(\C(=O)NC1C(=O)N2C(C(=O)[O-])=C(C[n+]3ccnc(N(CCO)CCO)c3)CS[C@H]12)c1csc(N)n1. The maximum absolute atomic E-state index is 13.0. The van der Waals surface area contributed by atoms with Crippen LogP contribution in [0.2, 0.25) is 0 Å². The van der Waals surface area contributed by atoms with E-state index in [1.54, 1.807) is 21.9 Å². The number of hydrogen-bond acceptors (Lipinski definition) is 14. The second-order valence-electron chi connectivity index (χ2n) is 8.32. The largest absolute Gasteiger partial charge is 0.543 e. The molecule has 15 nitrogen and oxygen atoms in total. The predicted octanol–water partition coefficient (Wildman–Crippen LogP) is -3.35. The minimum Gasteiger partial charge on any atom is -0.543 e. The van der Waals surface area contributed by atoms with Crippen molar-refractivity contribution in [2.45, 2.75) is 18.0 Å². The molecule has 5 N–H and O–H groups in total. The van der Waals surface area contributed by atoms with Crippen molar-refractivity contribution >= 4 is 57.5 Å². The number of aliphatic hydroxyl groups excluding tert-OH is 2. The van der Waals surface area contributed by atoms with Gasteiger partial charge in [0.15, 0.2) is 29.4 Å². The van der Waals surface area contributed by atoms with Crippen LogP contribution in [0, 0.1) is 0 Å². The number of rotatable bonds is 12. The Hall–Kier alpha value is -3.80.